The number of methoxy groups -OCH3 is 1. The Labute approximate surface area is 118 Å². The SMILES string of the molecule is CCCC(NS(=O)(=O)c1cc(C)ccc1OC)C(=O)O. The van der Waals surface area contributed by atoms with Crippen LogP contribution < -0.4 is 9.46 Å². The van der Waals surface area contributed by atoms with Gasteiger partial charge < -0.3 is 9.84 Å². The molecule has 1 unspecified atom stereocenters. The van der Waals surface area contributed by atoms with Gasteiger partial charge in [0.1, 0.15) is 16.7 Å². The second kappa shape index (κ2) is 6.71. The summed E-state index contributed by atoms with van der Waals surface area (Å²) in [4.78, 5) is 11.0. The maximum absolute atomic E-state index is 12.3. The summed E-state index contributed by atoms with van der Waals surface area (Å²) in [5, 5.41) is 9.04. The fourth-order valence-electron chi connectivity index (χ4n) is 1.77. The molecule has 7 heteroatoms. The predicted molar refractivity (Wildman–Crippen MR) is 74.4 cm³/mol. The van der Waals surface area contributed by atoms with Gasteiger partial charge in [0.15, 0.2) is 0 Å². The van der Waals surface area contributed by atoms with Crippen LogP contribution in [0, 0.1) is 6.92 Å². The number of aryl methyl sites for hydroxylation is 1. The maximum Gasteiger partial charge on any atom is 0.321 e. The van der Waals surface area contributed by atoms with E-state index in [1.165, 1.54) is 13.2 Å². The van der Waals surface area contributed by atoms with Crippen LogP contribution in [0.15, 0.2) is 23.1 Å². The number of aliphatic carboxylic acids is 1. The topological polar surface area (TPSA) is 92.7 Å². The van der Waals surface area contributed by atoms with Crippen molar-refractivity contribution in [3.63, 3.8) is 0 Å². The van der Waals surface area contributed by atoms with Gasteiger partial charge >= 0.3 is 5.97 Å². The number of carbonyl (C=O) groups is 1. The molecule has 0 saturated carbocycles. The summed E-state index contributed by atoms with van der Waals surface area (Å²) in [6.45, 7) is 3.54. The summed E-state index contributed by atoms with van der Waals surface area (Å²) in [6.07, 6.45) is 0.785. The van der Waals surface area contributed by atoms with Crippen molar-refractivity contribution in [3.8, 4) is 5.75 Å². The Balaban J connectivity index is 3.16. The second-order valence-corrected chi connectivity index (χ2v) is 6.14. The van der Waals surface area contributed by atoms with E-state index in [0.29, 0.717) is 6.42 Å². The molecule has 112 valence electrons. The van der Waals surface area contributed by atoms with Crippen molar-refractivity contribution >= 4 is 16.0 Å². The van der Waals surface area contributed by atoms with Gasteiger partial charge in [-0.25, -0.2) is 8.42 Å². The van der Waals surface area contributed by atoms with Crippen LogP contribution in [0.4, 0.5) is 0 Å². The molecule has 0 aliphatic carbocycles. The van der Waals surface area contributed by atoms with Crippen LogP contribution >= 0.6 is 0 Å². The molecule has 1 atom stereocenters. The average Bonchev–Trinajstić information content (AvgIpc) is 2.38. The molecule has 0 spiro atoms. The van der Waals surface area contributed by atoms with Crippen molar-refractivity contribution in [1.29, 1.82) is 0 Å². The molecule has 0 saturated heterocycles. The summed E-state index contributed by atoms with van der Waals surface area (Å²) in [6, 6.07) is 3.57. The quantitative estimate of drug-likeness (QED) is 0.797. The first kappa shape index (κ1) is 16.5. The minimum atomic E-state index is -3.95. The van der Waals surface area contributed by atoms with E-state index in [1.807, 2.05) is 0 Å². The molecule has 1 aromatic rings. The number of hydrogen-bond acceptors (Lipinski definition) is 4. The summed E-state index contributed by atoms with van der Waals surface area (Å²) < 4.78 is 31.8. The molecule has 0 heterocycles. The van der Waals surface area contributed by atoms with Crippen molar-refractivity contribution in [2.24, 2.45) is 0 Å². The molecule has 0 aromatic heterocycles. The number of hydrogen-bond donors (Lipinski definition) is 2. The van der Waals surface area contributed by atoms with Crippen LogP contribution in [0.3, 0.4) is 0 Å². The van der Waals surface area contributed by atoms with E-state index in [0.717, 1.165) is 5.56 Å². The van der Waals surface area contributed by atoms with Crippen LogP contribution in [0.25, 0.3) is 0 Å². The van der Waals surface area contributed by atoms with Gasteiger partial charge in [-0.1, -0.05) is 19.4 Å². The highest BCUT2D eigenvalue weighted by Gasteiger charge is 2.27. The highest BCUT2D eigenvalue weighted by Crippen LogP contribution is 2.25. The summed E-state index contributed by atoms with van der Waals surface area (Å²) in [7, 11) is -2.58. The molecule has 1 rings (SSSR count). The van der Waals surface area contributed by atoms with Gasteiger partial charge in [0.2, 0.25) is 10.0 Å². The van der Waals surface area contributed by atoms with Crippen molar-refractivity contribution in [2.45, 2.75) is 37.6 Å². The largest absolute Gasteiger partial charge is 0.495 e. The van der Waals surface area contributed by atoms with Crippen LogP contribution in [0.1, 0.15) is 25.3 Å². The highest BCUT2D eigenvalue weighted by molar-refractivity contribution is 7.89. The minimum Gasteiger partial charge on any atom is -0.495 e. The Bertz CT molecular complexity index is 582. The Morgan fingerprint density at radius 3 is 2.60 bits per heavy atom. The second-order valence-electron chi connectivity index (χ2n) is 4.46. The number of sulfonamides is 1. The standard InChI is InChI=1S/C13H19NO5S/c1-4-5-10(13(15)16)14-20(17,18)12-8-9(2)6-7-11(12)19-3/h6-8,10,14H,4-5H2,1-3H3,(H,15,16). The van der Waals surface area contributed by atoms with Crippen molar-refractivity contribution in [2.75, 3.05) is 7.11 Å². The normalized spacial score (nSPS) is 12.9. The summed E-state index contributed by atoms with van der Waals surface area (Å²) in [5.74, 6) is -1.01. The first-order valence-corrected chi connectivity index (χ1v) is 7.70. The predicted octanol–water partition coefficient (Wildman–Crippen LogP) is 1.54. The monoisotopic (exact) mass is 301 g/mol. The lowest BCUT2D eigenvalue weighted by Crippen LogP contribution is -2.40. The number of carboxylic acid groups (broad SMARTS) is 1. The fourth-order valence-corrected chi connectivity index (χ4v) is 3.24. The van der Waals surface area contributed by atoms with Crippen LogP contribution in [0.2, 0.25) is 0 Å². The van der Waals surface area contributed by atoms with Gasteiger partial charge in [0, 0.05) is 0 Å². The third-order valence-corrected chi connectivity index (χ3v) is 4.27. The molecular weight excluding hydrogens is 282 g/mol. The Morgan fingerprint density at radius 2 is 2.10 bits per heavy atom. The zero-order chi connectivity index (χ0) is 15.3. The van der Waals surface area contributed by atoms with Gasteiger partial charge in [0.05, 0.1) is 7.11 Å². The van der Waals surface area contributed by atoms with Crippen molar-refractivity contribution in [1.82, 2.24) is 4.72 Å². The number of carboxylic acids is 1. The van der Waals surface area contributed by atoms with E-state index in [2.05, 4.69) is 4.72 Å². The molecular formula is C13H19NO5S. The minimum absolute atomic E-state index is 0.0534. The first-order valence-electron chi connectivity index (χ1n) is 6.21. The van der Waals surface area contributed by atoms with Crippen LogP contribution in [-0.4, -0.2) is 32.6 Å². The van der Waals surface area contributed by atoms with E-state index < -0.39 is 22.0 Å². The fraction of sp³-hybridized carbons (Fsp3) is 0.462. The van der Waals surface area contributed by atoms with Crippen molar-refractivity contribution in [3.05, 3.63) is 23.8 Å². The number of nitrogens with one attached hydrogen (secondary N) is 1. The Hall–Kier alpha value is -1.60. The molecule has 0 bridgehead atoms. The molecule has 6 nitrogen and oxygen atoms in total. The Morgan fingerprint density at radius 1 is 1.45 bits per heavy atom. The summed E-state index contributed by atoms with van der Waals surface area (Å²) in [5.41, 5.74) is 0.744. The molecule has 0 amide bonds. The van der Waals surface area contributed by atoms with Crippen molar-refractivity contribution < 1.29 is 23.1 Å². The lowest BCUT2D eigenvalue weighted by molar-refractivity contribution is -0.139. The van der Waals surface area contributed by atoms with Gasteiger partial charge in [-0.05, 0) is 31.0 Å². The number of ether oxygens (including phenoxy) is 1. The zero-order valence-corrected chi connectivity index (χ0v) is 12.5. The van der Waals surface area contributed by atoms with E-state index in [-0.39, 0.29) is 17.1 Å². The third kappa shape index (κ3) is 3.94. The third-order valence-electron chi connectivity index (χ3n) is 2.78. The van der Waals surface area contributed by atoms with E-state index in [1.54, 1.807) is 26.0 Å². The number of benzene rings is 1. The number of rotatable bonds is 7. The van der Waals surface area contributed by atoms with E-state index >= 15 is 0 Å². The van der Waals surface area contributed by atoms with E-state index in [4.69, 9.17) is 9.84 Å². The maximum atomic E-state index is 12.3. The smallest absolute Gasteiger partial charge is 0.321 e. The first-order chi connectivity index (χ1) is 9.31. The highest BCUT2D eigenvalue weighted by atomic mass is 32.2. The molecule has 0 fully saturated rings. The van der Waals surface area contributed by atoms with Gasteiger partial charge in [-0.15, -0.1) is 0 Å². The van der Waals surface area contributed by atoms with Gasteiger partial charge in [-0.2, -0.15) is 4.72 Å². The molecule has 1 aromatic carbocycles. The molecule has 0 aliphatic rings. The van der Waals surface area contributed by atoms with Gasteiger partial charge in [0.25, 0.3) is 0 Å². The summed E-state index contributed by atoms with van der Waals surface area (Å²) >= 11 is 0. The van der Waals surface area contributed by atoms with Gasteiger partial charge in [-0.3, -0.25) is 4.79 Å². The van der Waals surface area contributed by atoms with E-state index in [9.17, 15) is 13.2 Å². The van der Waals surface area contributed by atoms with Crippen LogP contribution in [0.5, 0.6) is 5.75 Å². The molecule has 2 N–H and O–H groups in total. The molecule has 0 radical (unpaired) electrons. The Kier molecular flexibility index (Phi) is 5.52. The molecule has 20 heavy (non-hydrogen) atoms. The van der Waals surface area contributed by atoms with Crippen LogP contribution in [-0.2, 0) is 14.8 Å². The zero-order valence-electron chi connectivity index (χ0n) is 11.7. The lowest BCUT2D eigenvalue weighted by atomic mass is 10.2. The average molecular weight is 301 g/mol. The molecule has 0 aliphatic heterocycles. The lowest BCUT2D eigenvalue weighted by Gasteiger charge is -2.16.